The number of thioether (sulfide) groups is 3. The van der Waals surface area contributed by atoms with Crippen LogP contribution in [0.1, 0.15) is 16.7 Å². The van der Waals surface area contributed by atoms with Gasteiger partial charge < -0.3 is 17.2 Å². The highest BCUT2D eigenvalue weighted by molar-refractivity contribution is 9.10. The van der Waals surface area contributed by atoms with E-state index in [4.69, 9.17) is 33.4 Å². The third-order valence-corrected chi connectivity index (χ3v) is 5.78. The van der Waals surface area contributed by atoms with Crippen molar-refractivity contribution in [2.75, 3.05) is 0 Å². The second-order valence-corrected chi connectivity index (χ2v) is 8.03. The molecule has 0 aliphatic heterocycles. The summed E-state index contributed by atoms with van der Waals surface area (Å²) in [5, 5.41) is 22.2. The molecule has 0 spiro atoms. The highest BCUT2D eigenvalue weighted by atomic mass is 79.9. The molecule has 0 unspecified atom stereocenters. The molecule has 0 aromatic heterocycles. The molecular weight excluding hydrogens is 484 g/mol. The quantitative estimate of drug-likeness (QED) is 0.259. The fourth-order valence-electron chi connectivity index (χ4n) is 1.59. The van der Waals surface area contributed by atoms with Crippen LogP contribution in [-0.4, -0.2) is 15.5 Å². The lowest BCUT2D eigenvalue weighted by Gasteiger charge is -2.13. The second kappa shape index (κ2) is 11.2. The Bertz CT molecular complexity index is 557. The lowest BCUT2D eigenvalue weighted by atomic mass is 10.1. The van der Waals surface area contributed by atoms with E-state index in [1.807, 2.05) is 12.1 Å². The van der Waals surface area contributed by atoms with Gasteiger partial charge in [-0.25, -0.2) is 0 Å². The van der Waals surface area contributed by atoms with Gasteiger partial charge in [0.15, 0.2) is 15.5 Å². The van der Waals surface area contributed by atoms with Gasteiger partial charge in [-0.05, 0) is 16.7 Å². The number of halogens is 2. The molecule has 0 amide bonds. The summed E-state index contributed by atoms with van der Waals surface area (Å²) < 4.78 is 0.937. The van der Waals surface area contributed by atoms with Crippen LogP contribution in [0.5, 0.6) is 0 Å². The molecular formula is C12H18Br2N6S3. The van der Waals surface area contributed by atoms with Gasteiger partial charge in [-0.2, -0.15) is 0 Å². The van der Waals surface area contributed by atoms with Gasteiger partial charge in [0.25, 0.3) is 0 Å². The van der Waals surface area contributed by atoms with Gasteiger partial charge in [0.1, 0.15) is 0 Å². The second-order valence-electron chi connectivity index (χ2n) is 4.19. The molecule has 6 nitrogen and oxygen atoms in total. The van der Waals surface area contributed by atoms with Crippen LogP contribution in [-0.2, 0) is 17.3 Å². The largest absolute Gasteiger partial charge is 0.379 e. The Kier molecular flexibility index (Phi) is 11.1. The minimum Gasteiger partial charge on any atom is -0.379 e. The van der Waals surface area contributed by atoms with Crippen LogP contribution < -0.4 is 17.2 Å². The fourth-order valence-corrected chi connectivity index (χ4v) is 4.03. The van der Waals surface area contributed by atoms with Gasteiger partial charge >= 0.3 is 0 Å². The van der Waals surface area contributed by atoms with Gasteiger partial charge in [0, 0.05) is 21.7 Å². The van der Waals surface area contributed by atoms with Gasteiger partial charge in [0.2, 0.25) is 0 Å². The number of amidine groups is 3. The van der Waals surface area contributed by atoms with Gasteiger partial charge in [-0.3, -0.25) is 16.2 Å². The van der Waals surface area contributed by atoms with Crippen molar-refractivity contribution in [3.05, 3.63) is 33.3 Å². The fraction of sp³-hybridized carbons (Fsp3) is 0.250. The van der Waals surface area contributed by atoms with Crippen LogP contribution in [0, 0.1) is 16.2 Å². The van der Waals surface area contributed by atoms with Crippen LogP contribution >= 0.6 is 68.2 Å². The molecule has 0 aliphatic rings. The predicted molar refractivity (Wildman–Crippen MR) is 114 cm³/mol. The number of rotatable bonds is 6. The van der Waals surface area contributed by atoms with Crippen LogP contribution in [0.25, 0.3) is 0 Å². The first-order valence-corrected chi connectivity index (χ1v) is 9.75. The molecule has 128 valence electrons. The molecule has 11 heteroatoms. The van der Waals surface area contributed by atoms with Crippen molar-refractivity contribution in [2.45, 2.75) is 17.3 Å². The Morgan fingerprint density at radius 1 is 0.826 bits per heavy atom. The molecule has 1 aromatic carbocycles. The number of nitrogens with two attached hydrogens (primary N) is 3. The molecule has 0 bridgehead atoms. The number of hydrogen-bond acceptors (Lipinski definition) is 6. The summed E-state index contributed by atoms with van der Waals surface area (Å²) in [6.45, 7) is 0. The minimum atomic E-state index is 0. The zero-order chi connectivity index (χ0) is 16.7. The van der Waals surface area contributed by atoms with E-state index in [-0.39, 0.29) is 32.5 Å². The molecule has 0 aliphatic carbocycles. The molecule has 23 heavy (non-hydrogen) atoms. The zero-order valence-electron chi connectivity index (χ0n) is 12.0. The molecule has 0 saturated carbocycles. The molecule has 1 rings (SSSR count). The van der Waals surface area contributed by atoms with Crippen molar-refractivity contribution in [2.24, 2.45) is 17.2 Å². The van der Waals surface area contributed by atoms with E-state index >= 15 is 0 Å². The van der Waals surface area contributed by atoms with Crippen LogP contribution in [0.3, 0.4) is 0 Å². The van der Waals surface area contributed by atoms with E-state index in [1.165, 1.54) is 35.3 Å². The van der Waals surface area contributed by atoms with Crippen molar-refractivity contribution < 1.29 is 0 Å². The van der Waals surface area contributed by atoms with Crippen molar-refractivity contribution in [3.8, 4) is 0 Å². The molecule has 9 N–H and O–H groups in total. The van der Waals surface area contributed by atoms with Gasteiger partial charge in [-0.1, -0.05) is 63.3 Å². The van der Waals surface area contributed by atoms with E-state index in [0.29, 0.717) is 17.3 Å². The first kappa shape index (κ1) is 22.6. The summed E-state index contributed by atoms with van der Waals surface area (Å²) >= 11 is 7.32. The third kappa shape index (κ3) is 8.89. The van der Waals surface area contributed by atoms with Gasteiger partial charge in [-0.15, -0.1) is 17.0 Å². The molecule has 0 fully saturated rings. The Morgan fingerprint density at radius 3 is 1.52 bits per heavy atom. The molecule has 0 heterocycles. The summed E-state index contributed by atoms with van der Waals surface area (Å²) in [5.41, 5.74) is 19.2. The standard InChI is InChI=1S/C12H17BrN6S3.BrH/c13-9-7(4-21-11(16)17)1-6(3-20-10(14)15)2-8(9)5-22-12(18)19;/h1-2H,3-5H2,(H3,14,15)(H3,16,17)(H3,18,19);1H. The number of benzene rings is 1. The van der Waals surface area contributed by atoms with E-state index in [1.54, 1.807) is 0 Å². The summed E-state index contributed by atoms with van der Waals surface area (Å²) in [5.74, 6) is 1.75. The van der Waals surface area contributed by atoms with E-state index in [2.05, 4.69) is 15.9 Å². The zero-order valence-corrected chi connectivity index (χ0v) is 17.8. The smallest absolute Gasteiger partial charge is 0.151 e. The molecule has 0 saturated heterocycles. The number of hydrogen-bond donors (Lipinski definition) is 6. The monoisotopic (exact) mass is 500 g/mol. The molecule has 0 atom stereocenters. The van der Waals surface area contributed by atoms with E-state index < -0.39 is 0 Å². The number of nitrogens with one attached hydrogen (secondary N) is 3. The van der Waals surface area contributed by atoms with Gasteiger partial charge in [0.05, 0.1) is 0 Å². The maximum Gasteiger partial charge on any atom is 0.151 e. The predicted octanol–water partition coefficient (Wildman–Crippen LogP) is 3.41. The SMILES string of the molecule is Br.N=C(N)SCc1cc(CSC(=N)N)c(Br)c(CSC(=N)N)c1. The average molecular weight is 502 g/mol. The normalized spacial score (nSPS) is 9.96. The maximum atomic E-state index is 7.32. The van der Waals surface area contributed by atoms with Crippen LogP contribution in [0.15, 0.2) is 16.6 Å². The topological polar surface area (TPSA) is 150 Å². The Labute approximate surface area is 166 Å². The molecule has 0 radical (unpaired) electrons. The van der Waals surface area contributed by atoms with E-state index in [9.17, 15) is 0 Å². The lowest BCUT2D eigenvalue weighted by Crippen LogP contribution is -2.07. The molecule has 1 aromatic rings. The van der Waals surface area contributed by atoms with Crippen LogP contribution in [0.4, 0.5) is 0 Å². The lowest BCUT2D eigenvalue weighted by molar-refractivity contribution is 1.24. The summed E-state index contributed by atoms with van der Waals surface area (Å²) in [6.07, 6.45) is 0. The average Bonchev–Trinajstić information content (AvgIpc) is 2.42. The summed E-state index contributed by atoms with van der Waals surface area (Å²) in [7, 11) is 0. The minimum absolute atomic E-state index is 0. The van der Waals surface area contributed by atoms with Crippen molar-refractivity contribution >= 4 is 83.7 Å². The highest BCUT2D eigenvalue weighted by Gasteiger charge is 2.11. The van der Waals surface area contributed by atoms with E-state index in [0.717, 1.165) is 21.2 Å². The third-order valence-electron chi connectivity index (χ3n) is 2.44. The van der Waals surface area contributed by atoms with Crippen molar-refractivity contribution in [3.63, 3.8) is 0 Å². The highest BCUT2D eigenvalue weighted by Crippen LogP contribution is 2.31. The van der Waals surface area contributed by atoms with Crippen molar-refractivity contribution in [1.82, 2.24) is 0 Å². The maximum absolute atomic E-state index is 7.32. The first-order chi connectivity index (χ1) is 10.3. The summed E-state index contributed by atoms with van der Waals surface area (Å²) in [6, 6.07) is 4.02. The van der Waals surface area contributed by atoms with Crippen LogP contribution in [0.2, 0.25) is 0 Å². The summed E-state index contributed by atoms with van der Waals surface area (Å²) in [4.78, 5) is 0. The van der Waals surface area contributed by atoms with Crippen molar-refractivity contribution in [1.29, 1.82) is 16.2 Å². The Morgan fingerprint density at radius 2 is 1.17 bits per heavy atom. The first-order valence-electron chi connectivity index (χ1n) is 6.00. The Balaban J connectivity index is 0.00000484. The Hall–Kier alpha value is -0.360.